The van der Waals surface area contributed by atoms with Crippen LogP contribution in [0.5, 0.6) is 5.88 Å². The van der Waals surface area contributed by atoms with Gasteiger partial charge in [0.05, 0.1) is 0 Å². The first-order valence-electron chi connectivity index (χ1n) is 3.38. The van der Waals surface area contributed by atoms with Gasteiger partial charge in [-0.15, -0.1) is 0 Å². The number of pyridine rings is 1. The number of H-pyrrole nitrogens is 1. The molecular formula is C8H5N3O. The van der Waals surface area contributed by atoms with E-state index in [-0.39, 0.29) is 11.4 Å². The average Bonchev–Trinajstić information content (AvgIpc) is 2.49. The van der Waals surface area contributed by atoms with Crippen LogP contribution in [0.25, 0.3) is 11.0 Å². The van der Waals surface area contributed by atoms with Crippen LogP contribution in [0.15, 0.2) is 18.3 Å². The fourth-order valence-corrected chi connectivity index (χ4v) is 1.05. The maximum atomic E-state index is 9.17. The van der Waals surface area contributed by atoms with E-state index in [0.29, 0.717) is 5.65 Å². The Hall–Kier alpha value is -2.02. The number of hydrogen-bond donors (Lipinski definition) is 2. The molecule has 0 saturated heterocycles. The highest BCUT2D eigenvalue weighted by molar-refractivity contribution is 5.77. The van der Waals surface area contributed by atoms with E-state index in [0.717, 1.165) is 5.39 Å². The molecule has 0 radical (unpaired) electrons. The summed E-state index contributed by atoms with van der Waals surface area (Å²) in [6.07, 6.45) is 1.71. The van der Waals surface area contributed by atoms with Crippen molar-refractivity contribution in [3.63, 3.8) is 0 Å². The van der Waals surface area contributed by atoms with Gasteiger partial charge in [-0.25, -0.2) is 0 Å². The molecule has 4 heteroatoms. The van der Waals surface area contributed by atoms with E-state index in [2.05, 4.69) is 9.97 Å². The van der Waals surface area contributed by atoms with Crippen LogP contribution in [0.1, 0.15) is 5.56 Å². The fourth-order valence-electron chi connectivity index (χ4n) is 1.05. The zero-order valence-corrected chi connectivity index (χ0v) is 6.07. The minimum atomic E-state index is -0.229. The van der Waals surface area contributed by atoms with E-state index in [9.17, 15) is 5.11 Å². The van der Waals surface area contributed by atoms with Crippen LogP contribution >= 0.6 is 0 Å². The van der Waals surface area contributed by atoms with Gasteiger partial charge < -0.3 is 10.1 Å². The van der Waals surface area contributed by atoms with Gasteiger partial charge in [0, 0.05) is 11.6 Å². The first-order valence-corrected chi connectivity index (χ1v) is 3.38. The van der Waals surface area contributed by atoms with Crippen molar-refractivity contribution in [3.8, 4) is 11.9 Å². The van der Waals surface area contributed by atoms with Crippen LogP contribution in [0, 0.1) is 11.3 Å². The van der Waals surface area contributed by atoms with Gasteiger partial charge in [-0.05, 0) is 12.1 Å². The molecule has 4 nitrogen and oxygen atoms in total. The van der Waals surface area contributed by atoms with Gasteiger partial charge in [-0.2, -0.15) is 10.2 Å². The van der Waals surface area contributed by atoms with Crippen molar-refractivity contribution in [1.82, 2.24) is 9.97 Å². The highest BCUT2D eigenvalue weighted by Gasteiger charge is 2.04. The molecule has 0 aliphatic carbocycles. The molecule has 0 atom stereocenters. The van der Waals surface area contributed by atoms with Crippen molar-refractivity contribution in [2.75, 3.05) is 0 Å². The molecule has 0 unspecified atom stereocenters. The molecule has 0 spiro atoms. The van der Waals surface area contributed by atoms with Gasteiger partial charge >= 0.3 is 0 Å². The third-order valence-corrected chi connectivity index (χ3v) is 1.64. The van der Waals surface area contributed by atoms with Gasteiger partial charge in [-0.1, -0.05) is 0 Å². The van der Waals surface area contributed by atoms with Crippen LogP contribution in [0.3, 0.4) is 0 Å². The number of aromatic amines is 1. The summed E-state index contributed by atoms with van der Waals surface area (Å²) in [6, 6.07) is 5.24. The van der Waals surface area contributed by atoms with Crippen LogP contribution in [-0.4, -0.2) is 15.1 Å². The maximum absolute atomic E-state index is 9.17. The Bertz CT molecular complexity index is 467. The third-order valence-electron chi connectivity index (χ3n) is 1.64. The minimum Gasteiger partial charge on any atom is -0.492 e. The Morgan fingerprint density at radius 1 is 1.58 bits per heavy atom. The van der Waals surface area contributed by atoms with Gasteiger partial charge in [0.25, 0.3) is 0 Å². The quantitative estimate of drug-likeness (QED) is 0.605. The van der Waals surface area contributed by atoms with Crippen molar-refractivity contribution in [1.29, 1.82) is 5.26 Å². The van der Waals surface area contributed by atoms with Crippen LogP contribution in [0.2, 0.25) is 0 Å². The molecule has 2 rings (SSSR count). The molecule has 2 heterocycles. The molecular weight excluding hydrogens is 154 g/mol. The first-order chi connectivity index (χ1) is 5.81. The number of aromatic hydroxyl groups is 1. The molecule has 58 valence electrons. The lowest BCUT2D eigenvalue weighted by Gasteiger charge is -1.93. The molecule has 12 heavy (non-hydrogen) atoms. The van der Waals surface area contributed by atoms with Gasteiger partial charge in [-0.3, -0.25) is 0 Å². The number of nitrogens with one attached hydrogen (secondary N) is 1. The van der Waals surface area contributed by atoms with Crippen molar-refractivity contribution in [2.24, 2.45) is 0 Å². The second-order valence-corrected chi connectivity index (χ2v) is 2.39. The molecule has 0 fully saturated rings. The summed E-state index contributed by atoms with van der Waals surface area (Å²) in [6.45, 7) is 0. The zero-order valence-electron chi connectivity index (χ0n) is 6.07. The highest BCUT2D eigenvalue weighted by atomic mass is 16.3. The van der Waals surface area contributed by atoms with E-state index < -0.39 is 0 Å². The zero-order chi connectivity index (χ0) is 8.55. The summed E-state index contributed by atoms with van der Waals surface area (Å²) in [4.78, 5) is 6.62. The van der Waals surface area contributed by atoms with Crippen LogP contribution < -0.4 is 0 Å². The number of nitrogens with zero attached hydrogens (tertiary/aromatic N) is 2. The summed E-state index contributed by atoms with van der Waals surface area (Å²) in [7, 11) is 0. The molecule has 0 aliphatic rings. The SMILES string of the molecule is N#Cc1cc2cc[nH]c2nc1O. The number of fused-ring (bicyclic) bond motifs is 1. The predicted octanol–water partition coefficient (Wildman–Crippen LogP) is 1.14. The van der Waals surface area contributed by atoms with E-state index in [1.54, 1.807) is 18.3 Å². The third kappa shape index (κ3) is 0.805. The molecule has 0 amide bonds. The standard InChI is InChI=1S/C8H5N3O/c9-4-6-3-5-1-2-10-7(5)11-8(6)12/h1-3H,(H2,10,11,12). The normalized spacial score (nSPS) is 9.92. The fraction of sp³-hybridized carbons (Fsp3) is 0. The minimum absolute atomic E-state index is 0.196. The summed E-state index contributed by atoms with van der Waals surface area (Å²) < 4.78 is 0. The monoisotopic (exact) mass is 159 g/mol. The lowest BCUT2D eigenvalue weighted by Crippen LogP contribution is -1.82. The van der Waals surface area contributed by atoms with Gasteiger partial charge in [0.15, 0.2) is 0 Å². The molecule has 2 aromatic heterocycles. The lowest BCUT2D eigenvalue weighted by molar-refractivity contribution is 0.453. The van der Waals surface area contributed by atoms with E-state index in [1.807, 2.05) is 6.07 Å². The van der Waals surface area contributed by atoms with Gasteiger partial charge in [0.1, 0.15) is 17.3 Å². The number of nitriles is 1. The molecule has 0 aromatic carbocycles. The molecule has 0 aliphatic heterocycles. The average molecular weight is 159 g/mol. The second-order valence-electron chi connectivity index (χ2n) is 2.39. The summed E-state index contributed by atoms with van der Waals surface area (Å²) in [5.74, 6) is -0.229. The smallest absolute Gasteiger partial charge is 0.231 e. The van der Waals surface area contributed by atoms with Crippen molar-refractivity contribution < 1.29 is 5.11 Å². The van der Waals surface area contributed by atoms with Crippen LogP contribution in [0.4, 0.5) is 0 Å². The summed E-state index contributed by atoms with van der Waals surface area (Å²) in [5, 5.41) is 18.6. The maximum Gasteiger partial charge on any atom is 0.231 e. The topological polar surface area (TPSA) is 72.7 Å². The second kappa shape index (κ2) is 2.24. The molecule has 2 aromatic rings. The number of rotatable bonds is 0. The summed E-state index contributed by atoms with van der Waals surface area (Å²) in [5.41, 5.74) is 0.786. The number of aromatic nitrogens is 2. The molecule has 0 bridgehead atoms. The first kappa shape index (κ1) is 6.68. The van der Waals surface area contributed by atoms with E-state index in [1.165, 1.54) is 0 Å². The van der Waals surface area contributed by atoms with E-state index in [4.69, 9.17) is 5.26 Å². The van der Waals surface area contributed by atoms with Crippen molar-refractivity contribution >= 4 is 11.0 Å². The summed E-state index contributed by atoms with van der Waals surface area (Å²) >= 11 is 0. The molecule has 2 N–H and O–H groups in total. The Balaban J connectivity index is 2.84. The Morgan fingerprint density at radius 2 is 2.42 bits per heavy atom. The van der Waals surface area contributed by atoms with E-state index >= 15 is 0 Å². The number of hydrogen-bond acceptors (Lipinski definition) is 3. The van der Waals surface area contributed by atoms with Gasteiger partial charge in [0.2, 0.25) is 5.88 Å². The lowest BCUT2D eigenvalue weighted by atomic mass is 10.2. The molecule has 0 saturated carbocycles. The van der Waals surface area contributed by atoms with Crippen molar-refractivity contribution in [3.05, 3.63) is 23.9 Å². The highest BCUT2D eigenvalue weighted by Crippen LogP contribution is 2.18. The Morgan fingerprint density at radius 3 is 3.17 bits per heavy atom. The van der Waals surface area contributed by atoms with Crippen LogP contribution in [-0.2, 0) is 0 Å². The predicted molar refractivity (Wildman–Crippen MR) is 42.5 cm³/mol. The Labute approximate surface area is 68.1 Å². The Kier molecular flexibility index (Phi) is 1.25. The van der Waals surface area contributed by atoms with Crippen molar-refractivity contribution in [2.45, 2.75) is 0 Å². The largest absolute Gasteiger partial charge is 0.492 e.